The van der Waals surface area contributed by atoms with Crippen LogP contribution in [0.4, 0.5) is 17.6 Å². The van der Waals surface area contributed by atoms with E-state index >= 15 is 0 Å². The molecule has 20 nitrogen and oxygen atoms in total. The molecule has 20 unspecified atom stereocenters. The highest BCUT2D eigenvalue weighted by Gasteiger charge is 2.44. The molecule has 0 saturated carbocycles. The molecule has 146 heavy (non-hydrogen) atoms. The first-order valence-electron chi connectivity index (χ1n) is 49.0. The number of hydrogen-bond donors (Lipinski definition) is 14. The maximum Gasteiger partial charge on any atom is 0.123 e. The van der Waals surface area contributed by atoms with E-state index < -0.39 is 110 Å². The maximum atomic E-state index is 13.2. The van der Waals surface area contributed by atoms with Gasteiger partial charge in [0, 0.05) is 89.0 Å². The van der Waals surface area contributed by atoms with Crippen molar-refractivity contribution < 1.29 is 117 Å². The number of aliphatic hydroxyl groups excluding tert-OH is 14. The second-order valence-corrected chi connectivity index (χ2v) is 42.9. The van der Waals surface area contributed by atoms with Gasteiger partial charge in [-0.15, -0.1) is 45.3 Å². The van der Waals surface area contributed by atoms with Gasteiger partial charge in [0.15, 0.2) is 0 Å². The number of aryl methyl sites for hydroxylation is 4. The number of thiophene rings is 4. The maximum absolute atomic E-state index is 13.2. The van der Waals surface area contributed by atoms with E-state index in [1.54, 1.807) is 101 Å². The van der Waals surface area contributed by atoms with Crippen LogP contribution in [-0.4, -0.2) is 196 Å². The number of aliphatic hydroxyl groups is 14. The summed E-state index contributed by atoms with van der Waals surface area (Å²) in [5.41, 5.74) is 19.5. The molecule has 9 heterocycles. The highest BCUT2D eigenvalue weighted by atomic mass is 35.5. The van der Waals surface area contributed by atoms with Crippen molar-refractivity contribution in [2.24, 2.45) is 0 Å². The van der Waals surface area contributed by atoms with Crippen LogP contribution in [0.2, 0.25) is 5.02 Å². The minimum absolute atomic E-state index is 0.133. The number of rotatable bonds is 25. The Kier molecular flexibility index (Phi) is 38.9. The number of hydrogen-bond acceptors (Lipinski definition) is 24. The summed E-state index contributed by atoms with van der Waals surface area (Å²) in [6, 6.07) is 80.3. The van der Waals surface area contributed by atoms with Gasteiger partial charge in [-0.25, -0.2) is 17.6 Å². The lowest BCUT2D eigenvalue weighted by molar-refractivity contribution is -0.219. The van der Waals surface area contributed by atoms with Crippen LogP contribution < -0.4 is 4.74 Å². The molecule has 19 rings (SSSR count). The molecule has 4 aromatic heterocycles. The molecule has 0 radical (unpaired) electrons. The molecule has 0 aliphatic carbocycles. The molecule has 0 spiro atoms. The summed E-state index contributed by atoms with van der Waals surface area (Å²) in [4.78, 5) is 9.07. The quantitative estimate of drug-likeness (QED) is 0.0236. The predicted molar refractivity (Wildman–Crippen MR) is 562 cm³/mol. The third-order valence-electron chi connectivity index (χ3n) is 27.3. The Morgan fingerprint density at radius 3 is 1.12 bits per heavy atom. The fourth-order valence-electron chi connectivity index (χ4n) is 18.6. The number of halogens is 5. The van der Waals surface area contributed by atoms with Gasteiger partial charge in [-0.3, -0.25) is 0 Å². The Balaban J connectivity index is 0.000000137. The summed E-state index contributed by atoms with van der Waals surface area (Å²) in [5.74, 6) is -0.119. The van der Waals surface area contributed by atoms with Crippen molar-refractivity contribution in [2.45, 2.75) is 228 Å². The Morgan fingerprint density at radius 2 is 0.692 bits per heavy atom. The fourth-order valence-corrected chi connectivity index (χ4v) is 23.0. The SMILES string of the molecule is CCOc1ccc(Cc2cc(C3CCC(O)C(CO)O3)ccc2Cl)cc1.Cc1ccc(C2CC(O)C(O)C(CO)O2)cc1Cc1ccc(-c2ccc(F)cc2)s1.Cc1ccc(C2OC(C)C(O)C(O)C2O)cc1Cc1ccc(-c2ccc(F)cc2)s1.Cc1ccc(C2OC(CO)C(O)CC2O)cc1Cc1ccc(-c2ccc(F)cc2)s1.Cc1ccc(C2OC(CO)CC(O)C2O)cc1Cc1ccc(-c2ccc(F)cc2)s1. The highest BCUT2D eigenvalue weighted by molar-refractivity contribution is 7.16. The summed E-state index contributed by atoms with van der Waals surface area (Å²) in [7, 11) is 0. The minimum Gasteiger partial charge on any atom is -0.494 e. The van der Waals surface area contributed by atoms with E-state index in [-0.39, 0.29) is 81.2 Å². The number of ether oxygens (including phenoxy) is 6. The Hall–Kier alpha value is -9.95. The second kappa shape index (κ2) is 51.5. The van der Waals surface area contributed by atoms with Gasteiger partial charge in [0.25, 0.3) is 0 Å². The minimum atomic E-state index is -1.25. The summed E-state index contributed by atoms with van der Waals surface area (Å²) < 4.78 is 87.3. The molecular weight excluding hydrogens is 1960 g/mol. The Morgan fingerprint density at radius 1 is 0.315 bits per heavy atom. The largest absolute Gasteiger partial charge is 0.494 e. The average molecular weight is 2090 g/mol. The van der Waals surface area contributed by atoms with Crippen molar-refractivity contribution in [3.05, 3.63) is 392 Å². The Bertz CT molecular complexity index is 6400. The van der Waals surface area contributed by atoms with E-state index in [9.17, 15) is 89.1 Å². The topological polar surface area (TPSA) is 339 Å². The molecule has 5 saturated heterocycles. The lowest BCUT2D eigenvalue weighted by Gasteiger charge is -2.39. The zero-order chi connectivity index (χ0) is 104. The Labute approximate surface area is 868 Å². The third kappa shape index (κ3) is 28.4. The van der Waals surface area contributed by atoms with Gasteiger partial charge >= 0.3 is 0 Å². The van der Waals surface area contributed by atoms with E-state index in [4.69, 9.17) is 40.0 Å². The van der Waals surface area contributed by atoms with E-state index in [0.29, 0.717) is 13.0 Å². The molecule has 14 aromatic rings. The molecule has 20 atom stereocenters. The predicted octanol–water partition coefficient (Wildman–Crippen LogP) is 19.9. The van der Waals surface area contributed by atoms with E-state index in [1.807, 2.05) is 149 Å². The first-order valence-corrected chi connectivity index (χ1v) is 52.7. The van der Waals surface area contributed by atoms with Crippen molar-refractivity contribution in [3.63, 3.8) is 0 Å². The lowest BCUT2D eigenvalue weighted by atomic mass is 9.90. The van der Waals surface area contributed by atoms with E-state index in [0.717, 1.165) is 175 Å². The zero-order valence-corrected chi connectivity index (χ0v) is 85.7. The van der Waals surface area contributed by atoms with Crippen molar-refractivity contribution in [2.75, 3.05) is 33.0 Å². The lowest BCUT2D eigenvalue weighted by Crippen LogP contribution is -2.53. The van der Waals surface area contributed by atoms with Crippen LogP contribution in [0.3, 0.4) is 0 Å². The summed E-state index contributed by atoms with van der Waals surface area (Å²) in [6.45, 7) is 11.5. The van der Waals surface area contributed by atoms with Gasteiger partial charge in [-0.2, -0.15) is 0 Å². The molecule has 14 N–H and O–H groups in total. The second-order valence-electron chi connectivity index (χ2n) is 37.8. The normalized spacial score (nSPS) is 24.5. The first-order chi connectivity index (χ1) is 70.2. The van der Waals surface area contributed by atoms with Crippen molar-refractivity contribution in [1.29, 1.82) is 0 Å². The van der Waals surface area contributed by atoms with Crippen LogP contribution in [0, 0.1) is 51.0 Å². The molecular formula is C117H125ClF4O20S4. The van der Waals surface area contributed by atoms with Gasteiger partial charge in [-0.1, -0.05) is 157 Å². The van der Waals surface area contributed by atoms with E-state index in [2.05, 4.69) is 49.4 Å². The zero-order valence-electron chi connectivity index (χ0n) is 81.7. The van der Waals surface area contributed by atoms with Crippen LogP contribution >= 0.6 is 56.9 Å². The van der Waals surface area contributed by atoms with E-state index in [1.165, 1.54) is 68.0 Å². The monoisotopic (exact) mass is 2090 g/mol. The smallest absolute Gasteiger partial charge is 0.123 e. The summed E-state index contributed by atoms with van der Waals surface area (Å²) in [6.07, 6.45) is -9.72. The highest BCUT2D eigenvalue weighted by Crippen LogP contribution is 2.44. The summed E-state index contributed by atoms with van der Waals surface area (Å²) >= 11 is 13.1. The van der Waals surface area contributed by atoms with Crippen molar-refractivity contribution in [3.8, 4) is 47.5 Å². The third-order valence-corrected chi connectivity index (χ3v) is 32.2. The molecule has 5 fully saturated rings. The average Bonchev–Trinajstić information content (AvgIpc) is 1.56. The van der Waals surface area contributed by atoms with Crippen LogP contribution in [0.15, 0.2) is 261 Å². The molecule has 29 heteroatoms. The van der Waals surface area contributed by atoms with Gasteiger partial charge in [0.05, 0.1) is 88.0 Å². The molecule has 10 aromatic carbocycles. The van der Waals surface area contributed by atoms with Crippen LogP contribution in [0.1, 0.15) is 179 Å². The standard InChI is InChI=1S/4C24H25FO4S.C21H25ClO4/c1-13-3-4-16(24-23(28)22(27)21(26)14(2)29-24)11-17(13)12-19-9-10-20(30-19)15-5-7-18(25)8-6-15;1-14-2-3-16(24-23(28)21(27)12-19(13-26)29-24)10-17(14)11-20-8-9-22(30-20)15-4-6-18(25)7-5-15;1-14-2-3-16(24-21(28)12-20(27)22(13-26)29-24)10-17(14)11-19-8-9-23(30-19)15-4-6-18(25)7-5-15;1-14-2-3-16(21-12-20(27)24(28)22(13-26)29-21)10-17(14)11-19-8-9-23(30-19)15-4-6-18(25)7-5-15;1-2-25-17-6-3-14(4-7-17)11-16-12-15(5-8-18(16)22)20-10-9-19(24)21(13-23)26-20/h3-11,14,21-24,26-28H,12H2,1-2H3;2-10,19,21,23-24,26-28H,11-13H2,1H3;2*2-10,20-22,24,26-28H,11-13H2,1H3;3-8,12,19-21,23-24H,2,9-11,13H2,1H3. The van der Waals surface area contributed by atoms with Crippen LogP contribution in [-0.2, 0) is 55.8 Å². The van der Waals surface area contributed by atoms with Gasteiger partial charge in [0.2, 0.25) is 0 Å². The van der Waals surface area contributed by atoms with Gasteiger partial charge in [0.1, 0.15) is 96.2 Å². The first kappa shape index (κ1) is 110. The van der Waals surface area contributed by atoms with Crippen LogP contribution in [0.25, 0.3) is 41.8 Å². The van der Waals surface area contributed by atoms with Gasteiger partial charge in [-0.05, 0) is 282 Å². The molecule has 5 aliphatic heterocycles. The number of benzene rings is 10. The molecule has 5 aliphatic rings. The van der Waals surface area contributed by atoms with Gasteiger partial charge < -0.3 is 99.9 Å². The summed E-state index contributed by atoms with van der Waals surface area (Å²) in [5, 5.41) is 140. The van der Waals surface area contributed by atoms with Crippen LogP contribution in [0.5, 0.6) is 5.75 Å². The van der Waals surface area contributed by atoms with Crippen molar-refractivity contribution in [1.82, 2.24) is 0 Å². The molecule has 772 valence electrons. The molecule has 0 bridgehead atoms. The fraction of sp³-hybridized carbons (Fsp3) is 0.350. The van der Waals surface area contributed by atoms with Crippen molar-refractivity contribution >= 4 is 56.9 Å². The molecule has 0 amide bonds.